The molecule has 1 aromatic carbocycles. The lowest BCUT2D eigenvalue weighted by Crippen LogP contribution is -2.22. The van der Waals surface area contributed by atoms with Gasteiger partial charge in [-0.2, -0.15) is 0 Å². The summed E-state index contributed by atoms with van der Waals surface area (Å²) in [4.78, 5) is 2.14. The average Bonchev–Trinajstić information content (AvgIpc) is 2.87. The van der Waals surface area contributed by atoms with Crippen LogP contribution in [0, 0.1) is 0 Å². The number of thioether (sulfide) groups is 1. The fraction of sp³-hybridized carbons (Fsp3) is 0.333. The molecule has 0 saturated carbocycles. The summed E-state index contributed by atoms with van der Waals surface area (Å²) >= 11 is 25.2. The molecule has 1 heterocycles. The largest absolute Gasteiger partial charge is 0.490 e. The molecule has 0 radical (unpaired) electrons. The van der Waals surface area contributed by atoms with Crippen LogP contribution in [0.25, 0.3) is 0 Å². The van der Waals surface area contributed by atoms with Crippen molar-refractivity contribution in [3.63, 3.8) is 0 Å². The molecule has 23 heavy (non-hydrogen) atoms. The summed E-state index contributed by atoms with van der Waals surface area (Å²) in [5.74, 6) is 0.985. The van der Waals surface area contributed by atoms with Crippen molar-refractivity contribution >= 4 is 58.2 Å². The molecule has 0 spiro atoms. The summed E-state index contributed by atoms with van der Waals surface area (Å²) in [5.41, 5.74) is 0. The zero-order chi connectivity index (χ0) is 16.8. The van der Waals surface area contributed by atoms with Crippen LogP contribution in [0.1, 0.15) is 6.42 Å². The minimum absolute atomic E-state index is 0.145. The van der Waals surface area contributed by atoms with Crippen LogP contribution in [0.4, 0.5) is 0 Å². The van der Waals surface area contributed by atoms with Crippen molar-refractivity contribution in [1.29, 1.82) is 0 Å². The van der Waals surface area contributed by atoms with Crippen LogP contribution in [0.3, 0.4) is 0 Å². The van der Waals surface area contributed by atoms with Crippen molar-refractivity contribution in [3.05, 3.63) is 44.4 Å². The Labute approximate surface area is 160 Å². The molecule has 1 aromatic rings. The van der Waals surface area contributed by atoms with Gasteiger partial charge in [0, 0.05) is 31.8 Å². The Hall–Kier alpha value is -0.390. The fourth-order valence-electron chi connectivity index (χ4n) is 1.91. The van der Waals surface area contributed by atoms with Crippen molar-refractivity contribution in [1.82, 2.24) is 4.90 Å². The molecular formula is C15H15Cl4NO2S. The normalized spacial score (nSPS) is 16.6. The van der Waals surface area contributed by atoms with E-state index >= 15 is 0 Å². The van der Waals surface area contributed by atoms with Gasteiger partial charge in [0.05, 0.1) is 22.0 Å². The molecule has 8 heteroatoms. The smallest absolute Gasteiger partial charge is 0.156 e. The summed E-state index contributed by atoms with van der Waals surface area (Å²) in [5, 5.41) is 3.25. The van der Waals surface area contributed by atoms with Gasteiger partial charge in [0.2, 0.25) is 0 Å². The zero-order valence-corrected chi connectivity index (χ0v) is 16.1. The number of ether oxygens (including phenoxy) is 2. The maximum absolute atomic E-state index is 6.22. The molecule has 126 valence electrons. The van der Waals surface area contributed by atoms with Crippen LogP contribution in [-0.2, 0) is 0 Å². The molecule has 0 aromatic heterocycles. The molecule has 1 atom stereocenters. The van der Waals surface area contributed by atoms with Crippen molar-refractivity contribution in [3.8, 4) is 11.5 Å². The Kier molecular flexibility index (Phi) is 7.57. The maximum Gasteiger partial charge on any atom is 0.156 e. The fourth-order valence-corrected chi connectivity index (χ4v) is 3.55. The summed E-state index contributed by atoms with van der Waals surface area (Å²) in [6.07, 6.45) is 4.43. The number of halogens is 4. The number of benzene rings is 1. The topological polar surface area (TPSA) is 21.7 Å². The van der Waals surface area contributed by atoms with Gasteiger partial charge in [0.1, 0.15) is 16.8 Å². The van der Waals surface area contributed by atoms with Gasteiger partial charge in [-0.1, -0.05) is 46.4 Å². The van der Waals surface area contributed by atoms with E-state index in [1.165, 1.54) is 6.08 Å². The molecule has 3 nitrogen and oxygen atoms in total. The standard InChI is InChI=1S/C15H15Cl4NO2S/c1-20-4-7-23-14(20)3-6-22-15-11(16)8-10(9-12(15)17)21-5-2-13(18)19/h2,4,7-9,14H,3,5-6H2,1H3. The van der Waals surface area contributed by atoms with Gasteiger partial charge in [-0.3, -0.25) is 0 Å². The monoisotopic (exact) mass is 413 g/mol. The first-order valence-electron chi connectivity index (χ1n) is 6.77. The number of hydrogen-bond donors (Lipinski definition) is 0. The Morgan fingerprint density at radius 3 is 2.52 bits per heavy atom. The molecule has 1 aliphatic heterocycles. The lowest BCUT2D eigenvalue weighted by Gasteiger charge is -2.20. The van der Waals surface area contributed by atoms with E-state index < -0.39 is 0 Å². The van der Waals surface area contributed by atoms with Crippen LogP contribution in [0.15, 0.2) is 34.3 Å². The molecular weight excluding hydrogens is 400 g/mol. The zero-order valence-electron chi connectivity index (χ0n) is 12.3. The first-order valence-corrected chi connectivity index (χ1v) is 9.22. The predicted molar refractivity (Wildman–Crippen MR) is 100 cm³/mol. The van der Waals surface area contributed by atoms with E-state index in [-0.39, 0.29) is 11.1 Å². The highest BCUT2D eigenvalue weighted by atomic mass is 35.5. The summed E-state index contributed by atoms with van der Waals surface area (Å²) < 4.78 is 11.3. The van der Waals surface area contributed by atoms with E-state index in [1.54, 1.807) is 23.9 Å². The third kappa shape index (κ3) is 5.87. The highest BCUT2D eigenvalue weighted by Crippen LogP contribution is 2.37. The van der Waals surface area contributed by atoms with E-state index in [0.29, 0.717) is 33.5 Å². The van der Waals surface area contributed by atoms with E-state index in [0.717, 1.165) is 6.42 Å². The van der Waals surface area contributed by atoms with Gasteiger partial charge >= 0.3 is 0 Å². The van der Waals surface area contributed by atoms with Crippen LogP contribution in [0.5, 0.6) is 11.5 Å². The second-order valence-electron chi connectivity index (χ2n) is 4.70. The second-order valence-corrected chi connectivity index (χ2v) is 7.61. The number of hydrogen-bond acceptors (Lipinski definition) is 4. The SMILES string of the molecule is CN1C=CSC1CCOc1c(Cl)cc(OCC=C(Cl)Cl)cc1Cl. The summed E-state index contributed by atoms with van der Waals surface area (Å²) in [7, 11) is 2.04. The van der Waals surface area contributed by atoms with Crippen LogP contribution in [-0.4, -0.2) is 30.5 Å². The van der Waals surface area contributed by atoms with E-state index in [2.05, 4.69) is 10.3 Å². The van der Waals surface area contributed by atoms with Gasteiger partial charge in [0.25, 0.3) is 0 Å². The third-order valence-electron chi connectivity index (χ3n) is 3.06. The van der Waals surface area contributed by atoms with Crippen molar-refractivity contribution in [2.24, 2.45) is 0 Å². The molecule has 0 fully saturated rings. The average molecular weight is 415 g/mol. The second kappa shape index (κ2) is 9.19. The molecule has 0 amide bonds. The van der Waals surface area contributed by atoms with Gasteiger partial charge in [-0.15, -0.1) is 11.8 Å². The predicted octanol–water partition coefficient (Wildman–Crippen LogP) is 5.94. The lowest BCUT2D eigenvalue weighted by atomic mass is 10.3. The lowest BCUT2D eigenvalue weighted by molar-refractivity contribution is 0.280. The molecule has 1 unspecified atom stereocenters. The molecule has 0 aliphatic carbocycles. The summed E-state index contributed by atoms with van der Waals surface area (Å²) in [6, 6.07) is 3.30. The minimum atomic E-state index is 0.145. The van der Waals surface area contributed by atoms with Crippen molar-refractivity contribution < 1.29 is 9.47 Å². The van der Waals surface area contributed by atoms with Gasteiger partial charge in [-0.05, 0) is 11.5 Å². The quantitative estimate of drug-likeness (QED) is 0.550. The number of nitrogens with zero attached hydrogens (tertiary/aromatic N) is 1. The molecule has 1 aliphatic rings. The first kappa shape index (κ1) is 18.9. The van der Waals surface area contributed by atoms with Crippen molar-refractivity contribution in [2.45, 2.75) is 11.8 Å². The Morgan fingerprint density at radius 2 is 1.96 bits per heavy atom. The van der Waals surface area contributed by atoms with Gasteiger partial charge in [0.15, 0.2) is 5.75 Å². The Bertz CT molecular complexity index is 582. The van der Waals surface area contributed by atoms with E-state index in [9.17, 15) is 0 Å². The number of rotatable bonds is 7. The highest BCUT2D eigenvalue weighted by molar-refractivity contribution is 8.02. The minimum Gasteiger partial charge on any atom is -0.490 e. The Balaban J connectivity index is 1.90. The van der Waals surface area contributed by atoms with Crippen LogP contribution in [0.2, 0.25) is 10.0 Å². The van der Waals surface area contributed by atoms with E-state index in [1.807, 2.05) is 13.2 Å². The van der Waals surface area contributed by atoms with Gasteiger partial charge < -0.3 is 14.4 Å². The highest BCUT2D eigenvalue weighted by Gasteiger charge is 2.17. The maximum atomic E-state index is 6.22. The molecule has 0 saturated heterocycles. The van der Waals surface area contributed by atoms with E-state index in [4.69, 9.17) is 55.9 Å². The first-order chi connectivity index (χ1) is 11.0. The molecule has 2 rings (SSSR count). The third-order valence-corrected chi connectivity index (χ3v) is 5.09. The molecule has 0 bridgehead atoms. The Morgan fingerprint density at radius 1 is 1.26 bits per heavy atom. The van der Waals surface area contributed by atoms with Crippen LogP contribution >= 0.6 is 58.2 Å². The van der Waals surface area contributed by atoms with Gasteiger partial charge in [-0.25, -0.2) is 0 Å². The summed E-state index contributed by atoms with van der Waals surface area (Å²) in [6.45, 7) is 0.751. The van der Waals surface area contributed by atoms with Crippen molar-refractivity contribution in [2.75, 3.05) is 20.3 Å². The van der Waals surface area contributed by atoms with Crippen LogP contribution < -0.4 is 9.47 Å². The molecule has 0 N–H and O–H groups in total.